The summed E-state index contributed by atoms with van der Waals surface area (Å²) >= 11 is 6.42. The van der Waals surface area contributed by atoms with Crippen LogP contribution in [0, 0.1) is 0 Å². The lowest BCUT2D eigenvalue weighted by Crippen LogP contribution is -2.36. The van der Waals surface area contributed by atoms with Crippen molar-refractivity contribution in [3.63, 3.8) is 0 Å². The number of aromatic nitrogens is 2. The van der Waals surface area contributed by atoms with Crippen LogP contribution in [-0.4, -0.2) is 28.5 Å². The first kappa shape index (κ1) is 18.4. The van der Waals surface area contributed by atoms with Gasteiger partial charge in [-0.05, 0) is 24.6 Å². The highest BCUT2D eigenvalue weighted by molar-refractivity contribution is 6.32. The van der Waals surface area contributed by atoms with Gasteiger partial charge in [0.1, 0.15) is 11.9 Å². The second-order valence-corrected chi connectivity index (χ2v) is 7.27. The van der Waals surface area contributed by atoms with Crippen molar-refractivity contribution in [1.82, 2.24) is 15.3 Å². The number of ether oxygens (including phenoxy) is 1. The molecule has 1 aromatic heterocycles. The zero-order chi connectivity index (χ0) is 19.5. The van der Waals surface area contributed by atoms with Gasteiger partial charge in [-0.25, -0.2) is 0 Å². The van der Waals surface area contributed by atoms with Crippen molar-refractivity contribution in [2.45, 2.75) is 25.4 Å². The monoisotopic (exact) mass is 393 g/mol. The maximum atomic E-state index is 12.5. The van der Waals surface area contributed by atoms with E-state index in [0.717, 1.165) is 22.4 Å². The minimum atomic E-state index is -0.211. The topological polar surface area (TPSA) is 64.1 Å². The molecule has 0 saturated carbocycles. The van der Waals surface area contributed by atoms with E-state index in [9.17, 15) is 4.79 Å². The van der Waals surface area contributed by atoms with Crippen molar-refractivity contribution in [3.8, 4) is 17.0 Å². The van der Waals surface area contributed by atoms with Crippen LogP contribution in [0.2, 0.25) is 5.02 Å². The number of nitrogens with one attached hydrogen (secondary N) is 1. The number of hydrogen-bond donors (Lipinski definition) is 1. The third-order valence-electron chi connectivity index (χ3n) is 4.91. The Morgan fingerprint density at radius 2 is 2.11 bits per heavy atom. The molecule has 0 aliphatic carbocycles. The van der Waals surface area contributed by atoms with Gasteiger partial charge in [0.05, 0.1) is 29.4 Å². The summed E-state index contributed by atoms with van der Waals surface area (Å²) in [7, 11) is 0. The lowest BCUT2D eigenvalue weighted by Gasteiger charge is -2.16. The zero-order valence-corrected chi connectivity index (χ0v) is 16.2. The third-order valence-corrected chi connectivity index (χ3v) is 5.19. The molecule has 0 spiro atoms. The first-order chi connectivity index (χ1) is 13.6. The summed E-state index contributed by atoms with van der Waals surface area (Å²) in [6, 6.07) is 13.6. The predicted molar refractivity (Wildman–Crippen MR) is 108 cm³/mol. The maximum absolute atomic E-state index is 12.5. The summed E-state index contributed by atoms with van der Waals surface area (Å²) in [5, 5.41) is 3.54. The Morgan fingerprint density at radius 1 is 1.29 bits per heavy atom. The van der Waals surface area contributed by atoms with Gasteiger partial charge in [0, 0.05) is 29.9 Å². The molecule has 3 aromatic rings. The van der Waals surface area contributed by atoms with Gasteiger partial charge < -0.3 is 10.1 Å². The smallest absolute Gasteiger partial charge is 0.227 e. The van der Waals surface area contributed by atoms with Crippen molar-refractivity contribution in [3.05, 3.63) is 77.2 Å². The Hall–Kier alpha value is -2.92. The normalized spacial score (nSPS) is 16.1. The first-order valence-electron chi connectivity index (χ1n) is 9.20. The second-order valence-electron chi connectivity index (χ2n) is 6.86. The molecule has 2 unspecified atom stereocenters. The van der Waals surface area contributed by atoms with Crippen LogP contribution in [-0.2, 0) is 11.2 Å². The van der Waals surface area contributed by atoms with E-state index in [1.54, 1.807) is 18.6 Å². The molecule has 2 heterocycles. The van der Waals surface area contributed by atoms with Gasteiger partial charge >= 0.3 is 0 Å². The van der Waals surface area contributed by atoms with Crippen LogP contribution >= 0.6 is 11.6 Å². The molecule has 0 bridgehead atoms. The third kappa shape index (κ3) is 3.85. The van der Waals surface area contributed by atoms with Crippen molar-refractivity contribution >= 4 is 17.5 Å². The van der Waals surface area contributed by atoms with E-state index < -0.39 is 0 Å². The lowest BCUT2D eigenvalue weighted by atomic mass is 10.0. The number of rotatable bonds is 5. The van der Waals surface area contributed by atoms with Crippen molar-refractivity contribution in [2.75, 3.05) is 6.54 Å². The predicted octanol–water partition coefficient (Wildman–Crippen LogP) is 4.02. The van der Waals surface area contributed by atoms with Gasteiger partial charge in [-0.15, -0.1) is 0 Å². The van der Waals surface area contributed by atoms with E-state index >= 15 is 0 Å². The van der Waals surface area contributed by atoms with Gasteiger partial charge in [-0.3, -0.25) is 14.8 Å². The molecule has 28 heavy (non-hydrogen) atoms. The summed E-state index contributed by atoms with van der Waals surface area (Å²) in [6.07, 6.45) is 5.53. The van der Waals surface area contributed by atoms with E-state index in [2.05, 4.69) is 15.3 Å². The molecule has 2 atom stereocenters. The summed E-state index contributed by atoms with van der Waals surface area (Å²) in [4.78, 5) is 20.9. The molecule has 4 rings (SSSR count). The highest BCUT2D eigenvalue weighted by Gasteiger charge is 2.27. The minimum absolute atomic E-state index is 0.0166. The number of benzene rings is 2. The van der Waals surface area contributed by atoms with E-state index in [-0.39, 0.29) is 17.9 Å². The number of carbonyl (C=O) groups excluding carboxylic acids is 1. The van der Waals surface area contributed by atoms with Crippen LogP contribution < -0.4 is 10.1 Å². The summed E-state index contributed by atoms with van der Waals surface area (Å²) in [5.74, 6) is 0.457. The molecule has 142 valence electrons. The fourth-order valence-electron chi connectivity index (χ4n) is 3.36. The Labute approximate surface area is 168 Å². The highest BCUT2D eigenvalue weighted by atomic mass is 35.5. The molecule has 1 aliphatic heterocycles. The van der Waals surface area contributed by atoms with E-state index in [1.165, 1.54) is 0 Å². The van der Waals surface area contributed by atoms with Crippen LogP contribution in [0.4, 0.5) is 0 Å². The standard InChI is InChI=1S/C22H20ClN3O2/c1-14(15-5-3-2-4-6-15)22(27)26-12-18-10-17-9-16(11-19(23)21(17)28-18)20-13-24-7-8-25-20/h2-9,11,13-14,18H,10,12H2,1H3,(H,26,27). The number of nitrogens with zero attached hydrogens (tertiary/aromatic N) is 2. The van der Waals surface area contributed by atoms with Crippen molar-refractivity contribution in [2.24, 2.45) is 0 Å². The first-order valence-corrected chi connectivity index (χ1v) is 9.57. The van der Waals surface area contributed by atoms with Gasteiger partial charge in [0.15, 0.2) is 0 Å². The fraction of sp³-hybridized carbons (Fsp3) is 0.227. The Morgan fingerprint density at radius 3 is 2.86 bits per heavy atom. The minimum Gasteiger partial charge on any atom is -0.486 e. The molecule has 6 heteroatoms. The average molecular weight is 394 g/mol. The number of amides is 1. The van der Waals surface area contributed by atoms with E-state index in [0.29, 0.717) is 23.7 Å². The Balaban J connectivity index is 1.41. The summed E-state index contributed by atoms with van der Waals surface area (Å²) in [6.45, 7) is 2.33. The molecule has 1 aliphatic rings. The molecule has 0 fully saturated rings. The SMILES string of the molecule is CC(C(=O)NCC1Cc2cc(-c3cnccn3)cc(Cl)c2O1)c1ccccc1. The second kappa shape index (κ2) is 7.98. The fourth-order valence-corrected chi connectivity index (χ4v) is 3.64. The molecule has 0 saturated heterocycles. The number of hydrogen-bond acceptors (Lipinski definition) is 4. The molecule has 0 radical (unpaired) electrons. The summed E-state index contributed by atoms with van der Waals surface area (Å²) < 4.78 is 5.98. The Kier molecular flexibility index (Phi) is 5.26. The van der Waals surface area contributed by atoms with Gasteiger partial charge in [0.2, 0.25) is 5.91 Å². The van der Waals surface area contributed by atoms with Gasteiger partial charge in [-0.1, -0.05) is 41.9 Å². The number of fused-ring (bicyclic) bond motifs is 1. The van der Waals surface area contributed by atoms with E-state index in [1.807, 2.05) is 49.4 Å². The lowest BCUT2D eigenvalue weighted by molar-refractivity contribution is -0.122. The average Bonchev–Trinajstić information content (AvgIpc) is 3.16. The molecular formula is C22H20ClN3O2. The molecule has 5 nitrogen and oxygen atoms in total. The van der Waals surface area contributed by atoms with Gasteiger partial charge in [0.25, 0.3) is 0 Å². The molecular weight excluding hydrogens is 374 g/mol. The van der Waals surface area contributed by atoms with Crippen LogP contribution in [0.15, 0.2) is 61.1 Å². The summed E-state index contributed by atoms with van der Waals surface area (Å²) in [5.41, 5.74) is 3.68. The largest absolute Gasteiger partial charge is 0.486 e. The molecule has 2 aromatic carbocycles. The maximum Gasteiger partial charge on any atom is 0.227 e. The Bertz CT molecular complexity index is 980. The number of halogens is 1. The van der Waals surface area contributed by atoms with Gasteiger partial charge in [-0.2, -0.15) is 0 Å². The molecule has 1 amide bonds. The zero-order valence-electron chi connectivity index (χ0n) is 15.4. The van der Waals surface area contributed by atoms with Crippen LogP contribution in [0.25, 0.3) is 11.3 Å². The van der Waals surface area contributed by atoms with E-state index in [4.69, 9.17) is 16.3 Å². The van der Waals surface area contributed by atoms with Crippen molar-refractivity contribution < 1.29 is 9.53 Å². The quantitative estimate of drug-likeness (QED) is 0.711. The van der Waals surface area contributed by atoms with Crippen molar-refractivity contribution in [1.29, 1.82) is 0 Å². The van der Waals surface area contributed by atoms with Crippen LogP contribution in [0.5, 0.6) is 5.75 Å². The van der Waals surface area contributed by atoms with Crippen LogP contribution in [0.1, 0.15) is 24.0 Å². The molecule has 1 N–H and O–H groups in total. The highest BCUT2D eigenvalue weighted by Crippen LogP contribution is 2.39. The van der Waals surface area contributed by atoms with Crippen LogP contribution in [0.3, 0.4) is 0 Å². The number of carbonyl (C=O) groups is 1.